The highest BCUT2D eigenvalue weighted by atomic mass is 16.7. The van der Waals surface area contributed by atoms with E-state index in [2.05, 4.69) is 0 Å². The van der Waals surface area contributed by atoms with Crippen LogP contribution in [0.1, 0.15) is 41.1 Å². The zero-order chi connectivity index (χ0) is 22.1. The second-order valence-electron chi connectivity index (χ2n) is 8.56. The van der Waals surface area contributed by atoms with Crippen LogP contribution in [0.5, 0.6) is 11.5 Å². The van der Waals surface area contributed by atoms with Crippen LogP contribution >= 0.6 is 0 Å². The summed E-state index contributed by atoms with van der Waals surface area (Å²) in [5.41, 5.74) is 1.75. The van der Waals surface area contributed by atoms with Crippen LogP contribution in [0.25, 0.3) is 0 Å². The Hall–Kier alpha value is -3.35. The van der Waals surface area contributed by atoms with Crippen LogP contribution in [0, 0.1) is 5.92 Å². The van der Waals surface area contributed by atoms with E-state index in [1.807, 2.05) is 41.3 Å². The molecule has 1 saturated carbocycles. The van der Waals surface area contributed by atoms with Gasteiger partial charge < -0.3 is 19.3 Å². The number of piperazine rings is 1. The summed E-state index contributed by atoms with van der Waals surface area (Å²) in [7, 11) is 0. The Morgan fingerprint density at radius 3 is 2.34 bits per heavy atom. The molecule has 5 rings (SSSR count). The number of fused-ring (bicyclic) bond motifs is 1. The van der Waals surface area contributed by atoms with Crippen LogP contribution < -0.4 is 9.47 Å². The molecule has 0 spiro atoms. The molecule has 2 aromatic carbocycles. The maximum atomic E-state index is 12.9. The van der Waals surface area contributed by atoms with Crippen molar-refractivity contribution >= 4 is 17.6 Å². The van der Waals surface area contributed by atoms with Crippen LogP contribution in [-0.2, 0) is 9.59 Å². The lowest BCUT2D eigenvalue weighted by Crippen LogP contribution is -2.51. The van der Waals surface area contributed by atoms with Gasteiger partial charge in [0, 0.05) is 50.5 Å². The van der Waals surface area contributed by atoms with E-state index in [1.54, 1.807) is 17.0 Å². The first-order chi connectivity index (χ1) is 15.6. The Labute approximate surface area is 186 Å². The molecule has 0 bridgehead atoms. The third kappa shape index (κ3) is 4.20. The zero-order valence-electron chi connectivity index (χ0n) is 17.9. The van der Waals surface area contributed by atoms with E-state index in [-0.39, 0.29) is 49.1 Å². The summed E-state index contributed by atoms with van der Waals surface area (Å²) in [6.07, 6.45) is 1.26. The summed E-state index contributed by atoms with van der Waals surface area (Å²) < 4.78 is 10.8. The molecule has 32 heavy (non-hydrogen) atoms. The Kier molecular flexibility index (Phi) is 5.55. The molecule has 3 aliphatic rings. The molecule has 7 nitrogen and oxygen atoms in total. The number of Topliss-reactive ketones (excluding diaryl/α,β-unsaturated/α-hetero) is 1. The summed E-state index contributed by atoms with van der Waals surface area (Å²) >= 11 is 0. The van der Waals surface area contributed by atoms with Crippen LogP contribution in [0.2, 0.25) is 0 Å². The number of ketones is 1. The lowest BCUT2D eigenvalue weighted by atomic mass is 10.1. The normalized spacial score (nSPS) is 21.4. The lowest BCUT2D eigenvalue weighted by molar-refractivity contribution is -0.140. The minimum atomic E-state index is -0.0222. The molecular formula is C25H26N2O5. The lowest BCUT2D eigenvalue weighted by Gasteiger charge is -2.35. The molecule has 2 aliphatic heterocycles. The van der Waals surface area contributed by atoms with Crippen LogP contribution in [0.4, 0.5) is 0 Å². The van der Waals surface area contributed by atoms with Crippen molar-refractivity contribution in [3.05, 3.63) is 59.7 Å². The van der Waals surface area contributed by atoms with Gasteiger partial charge in [-0.15, -0.1) is 0 Å². The number of benzene rings is 2. The molecule has 2 unspecified atom stereocenters. The number of ether oxygens (including phenoxy) is 2. The predicted molar refractivity (Wildman–Crippen MR) is 117 cm³/mol. The number of hydrogen-bond donors (Lipinski definition) is 0. The maximum absolute atomic E-state index is 12.9. The number of amides is 2. The summed E-state index contributed by atoms with van der Waals surface area (Å²) in [5.74, 6) is 1.85. The van der Waals surface area contributed by atoms with E-state index in [1.165, 1.54) is 0 Å². The summed E-state index contributed by atoms with van der Waals surface area (Å²) in [5, 5.41) is 0. The molecular weight excluding hydrogens is 408 g/mol. The number of hydrogen-bond acceptors (Lipinski definition) is 5. The first-order valence-electron chi connectivity index (χ1n) is 11.1. The van der Waals surface area contributed by atoms with Crippen molar-refractivity contribution in [2.24, 2.45) is 5.92 Å². The van der Waals surface area contributed by atoms with Gasteiger partial charge in [0.05, 0.1) is 0 Å². The quantitative estimate of drug-likeness (QED) is 0.654. The van der Waals surface area contributed by atoms with E-state index in [9.17, 15) is 14.4 Å². The van der Waals surface area contributed by atoms with Gasteiger partial charge in [-0.1, -0.05) is 36.4 Å². The average molecular weight is 434 g/mol. The Morgan fingerprint density at radius 1 is 0.844 bits per heavy atom. The summed E-state index contributed by atoms with van der Waals surface area (Å²) in [6.45, 7) is 2.37. The first-order valence-corrected chi connectivity index (χ1v) is 11.1. The van der Waals surface area contributed by atoms with Gasteiger partial charge >= 0.3 is 0 Å². The largest absolute Gasteiger partial charge is 0.454 e. The molecule has 2 aromatic rings. The maximum Gasteiger partial charge on any atom is 0.231 e. The molecule has 2 heterocycles. The van der Waals surface area contributed by atoms with Gasteiger partial charge in [0.25, 0.3) is 0 Å². The molecule has 0 radical (unpaired) electrons. The molecule has 166 valence electrons. The summed E-state index contributed by atoms with van der Waals surface area (Å²) in [6, 6.07) is 14.9. The van der Waals surface area contributed by atoms with Crippen molar-refractivity contribution in [2.75, 3.05) is 33.0 Å². The van der Waals surface area contributed by atoms with Gasteiger partial charge in [-0.25, -0.2) is 0 Å². The van der Waals surface area contributed by atoms with Crippen molar-refractivity contribution < 1.29 is 23.9 Å². The molecule has 0 aromatic heterocycles. The van der Waals surface area contributed by atoms with Crippen molar-refractivity contribution in [1.82, 2.24) is 9.80 Å². The zero-order valence-corrected chi connectivity index (χ0v) is 17.9. The Bertz CT molecular complexity index is 1030. The van der Waals surface area contributed by atoms with Crippen molar-refractivity contribution in [1.29, 1.82) is 0 Å². The van der Waals surface area contributed by atoms with Gasteiger partial charge in [0.1, 0.15) is 0 Å². The number of nitrogens with zero attached hydrogens (tertiary/aromatic N) is 2. The van der Waals surface area contributed by atoms with E-state index < -0.39 is 0 Å². The fraction of sp³-hybridized carbons (Fsp3) is 0.400. The van der Waals surface area contributed by atoms with Crippen LogP contribution in [0.15, 0.2) is 48.5 Å². The first kappa shape index (κ1) is 20.5. The molecule has 2 fully saturated rings. The van der Waals surface area contributed by atoms with Crippen LogP contribution in [0.3, 0.4) is 0 Å². The minimum absolute atomic E-state index is 0.00103. The Balaban J connectivity index is 1.08. The van der Waals surface area contributed by atoms with E-state index in [0.29, 0.717) is 31.7 Å². The molecule has 7 heteroatoms. The standard InChI is InChI=1S/C25H26N2O5/c28-21(17-4-2-1-3-5-17)7-9-24(29)26-10-12-27(13-11-26)25(30)20-15-19(20)18-6-8-22-23(14-18)32-16-31-22/h1-6,8,14,19-20H,7,9-13,15-16H2. The van der Waals surface area contributed by atoms with Crippen molar-refractivity contribution in [2.45, 2.75) is 25.2 Å². The van der Waals surface area contributed by atoms with E-state index in [0.717, 1.165) is 23.5 Å². The van der Waals surface area contributed by atoms with Gasteiger partial charge in [0.15, 0.2) is 17.3 Å². The summed E-state index contributed by atoms with van der Waals surface area (Å²) in [4.78, 5) is 41.3. The topological polar surface area (TPSA) is 76.2 Å². The third-order valence-electron chi connectivity index (χ3n) is 6.54. The molecule has 1 aliphatic carbocycles. The van der Waals surface area contributed by atoms with Gasteiger partial charge in [0.2, 0.25) is 18.6 Å². The van der Waals surface area contributed by atoms with E-state index in [4.69, 9.17) is 9.47 Å². The van der Waals surface area contributed by atoms with Gasteiger partial charge in [-0.05, 0) is 30.0 Å². The van der Waals surface area contributed by atoms with E-state index >= 15 is 0 Å². The smallest absolute Gasteiger partial charge is 0.231 e. The van der Waals surface area contributed by atoms with Gasteiger partial charge in [-0.3, -0.25) is 14.4 Å². The number of rotatable bonds is 6. The van der Waals surface area contributed by atoms with Crippen molar-refractivity contribution in [3.63, 3.8) is 0 Å². The molecule has 1 saturated heterocycles. The number of carbonyl (C=O) groups is 3. The SMILES string of the molecule is O=C(CCC(=O)N1CCN(C(=O)C2CC2c2ccc3c(c2)OCO3)CC1)c1ccccc1. The number of carbonyl (C=O) groups excluding carboxylic acids is 3. The molecule has 0 N–H and O–H groups in total. The second kappa shape index (κ2) is 8.65. The van der Waals surface area contributed by atoms with Crippen LogP contribution in [-0.4, -0.2) is 60.4 Å². The predicted octanol–water partition coefficient (Wildman–Crippen LogP) is 2.85. The van der Waals surface area contributed by atoms with Crippen molar-refractivity contribution in [3.8, 4) is 11.5 Å². The van der Waals surface area contributed by atoms with Gasteiger partial charge in [-0.2, -0.15) is 0 Å². The average Bonchev–Trinajstić information content (AvgIpc) is 3.51. The molecule has 2 atom stereocenters. The third-order valence-corrected chi connectivity index (χ3v) is 6.54. The fourth-order valence-electron chi connectivity index (χ4n) is 4.54. The molecule has 2 amide bonds. The monoisotopic (exact) mass is 434 g/mol. The minimum Gasteiger partial charge on any atom is -0.454 e. The fourth-order valence-corrected chi connectivity index (χ4v) is 4.54. The Morgan fingerprint density at radius 2 is 1.56 bits per heavy atom. The second-order valence-corrected chi connectivity index (χ2v) is 8.56. The highest BCUT2D eigenvalue weighted by molar-refractivity contribution is 5.97. The highest BCUT2D eigenvalue weighted by Crippen LogP contribution is 2.50. The highest BCUT2D eigenvalue weighted by Gasteiger charge is 2.46.